The summed E-state index contributed by atoms with van der Waals surface area (Å²) in [6.45, 7) is 3.08. The van der Waals surface area contributed by atoms with Crippen molar-refractivity contribution in [1.29, 1.82) is 0 Å². The molecule has 0 aromatic carbocycles. The molecule has 4 rings (SSSR count). The summed E-state index contributed by atoms with van der Waals surface area (Å²) in [6, 6.07) is 1.89. The number of carbonyl (C=O) groups is 1. The number of piperidine rings is 1. The molecular weight excluding hydrogens is 236 g/mol. The van der Waals surface area contributed by atoms with Crippen LogP contribution in [-0.4, -0.2) is 35.5 Å². The summed E-state index contributed by atoms with van der Waals surface area (Å²) in [5.41, 5.74) is 0. The van der Waals surface area contributed by atoms with E-state index in [0.717, 1.165) is 18.4 Å². The van der Waals surface area contributed by atoms with E-state index in [9.17, 15) is 4.79 Å². The van der Waals surface area contributed by atoms with Gasteiger partial charge in [-0.15, -0.1) is 0 Å². The van der Waals surface area contributed by atoms with Crippen molar-refractivity contribution in [3.8, 4) is 0 Å². The first-order valence-electron chi connectivity index (χ1n) is 8.34. The highest BCUT2D eigenvalue weighted by atomic mass is 16.2. The van der Waals surface area contributed by atoms with Crippen LogP contribution in [0.4, 0.5) is 0 Å². The number of nitrogens with zero attached hydrogens (tertiary/aromatic N) is 1. The zero-order valence-electron chi connectivity index (χ0n) is 12.0. The summed E-state index contributed by atoms with van der Waals surface area (Å²) in [4.78, 5) is 15.0. The Balaban J connectivity index is 1.44. The fourth-order valence-corrected chi connectivity index (χ4v) is 5.25. The molecule has 2 heterocycles. The first-order chi connectivity index (χ1) is 9.28. The summed E-state index contributed by atoms with van der Waals surface area (Å²) in [6.07, 6.45) is 9.02. The van der Waals surface area contributed by atoms with Crippen LogP contribution in [-0.2, 0) is 4.79 Å². The molecule has 2 bridgehead atoms. The molecule has 0 spiro atoms. The van der Waals surface area contributed by atoms with E-state index >= 15 is 0 Å². The van der Waals surface area contributed by atoms with E-state index in [-0.39, 0.29) is 0 Å². The third-order valence-corrected chi connectivity index (χ3v) is 6.20. The van der Waals surface area contributed by atoms with E-state index in [2.05, 4.69) is 17.1 Å². The first kappa shape index (κ1) is 12.2. The lowest BCUT2D eigenvalue weighted by Gasteiger charge is -2.37. The molecule has 2 aliphatic carbocycles. The van der Waals surface area contributed by atoms with Gasteiger partial charge in [0.2, 0.25) is 5.91 Å². The molecule has 2 saturated heterocycles. The predicted octanol–water partition coefficient (Wildman–Crippen LogP) is 2.16. The number of rotatable bonds is 3. The monoisotopic (exact) mass is 262 g/mol. The van der Waals surface area contributed by atoms with Gasteiger partial charge in [-0.1, -0.05) is 6.42 Å². The molecular formula is C16H26N2O. The van der Waals surface area contributed by atoms with Crippen molar-refractivity contribution in [1.82, 2.24) is 10.2 Å². The zero-order chi connectivity index (χ0) is 13.0. The number of hydrogen-bond acceptors (Lipinski definition) is 2. The fourth-order valence-electron chi connectivity index (χ4n) is 5.25. The highest BCUT2D eigenvalue weighted by Gasteiger charge is 2.58. The van der Waals surface area contributed by atoms with Gasteiger partial charge in [-0.25, -0.2) is 0 Å². The van der Waals surface area contributed by atoms with E-state index < -0.39 is 0 Å². The van der Waals surface area contributed by atoms with E-state index in [4.69, 9.17) is 0 Å². The Kier molecular flexibility index (Phi) is 2.87. The van der Waals surface area contributed by atoms with Crippen LogP contribution in [0.2, 0.25) is 0 Å². The standard InChI is InChI=1S/C16H26N2O/c1-2-18(12-8-10-6-7-11(9-12)17-10)16(19)15-13-4-3-5-14(13)15/h10-15,17H,2-9H2,1H3. The Hall–Kier alpha value is -0.570. The van der Waals surface area contributed by atoms with Crippen LogP contribution in [0.1, 0.15) is 51.9 Å². The number of amides is 1. The summed E-state index contributed by atoms with van der Waals surface area (Å²) in [5, 5.41) is 3.68. The summed E-state index contributed by atoms with van der Waals surface area (Å²) >= 11 is 0. The average Bonchev–Trinajstić information content (AvgIpc) is 2.74. The highest BCUT2D eigenvalue weighted by molar-refractivity contribution is 5.83. The minimum absolute atomic E-state index is 0.418. The topological polar surface area (TPSA) is 32.3 Å². The first-order valence-corrected chi connectivity index (χ1v) is 8.34. The maximum atomic E-state index is 12.8. The second kappa shape index (κ2) is 4.47. The molecule has 3 nitrogen and oxygen atoms in total. The molecule has 2 aliphatic heterocycles. The van der Waals surface area contributed by atoms with Crippen molar-refractivity contribution in [2.24, 2.45) is 17.8 Å². The Bertz CT molecular complexity index is 361. The van der Waals surface area contributed by atoms with Gasteiger partial charge in [-0.3, -0.25) is 4.79 Å². The van der Waals surface area contributed by atoms with Crippen LogP contribution in [0.5, 0.6) is 0 Å². The van der Waals surface area contributed by atoms with Gasteiger partial charge in [0, 0.05) is 30.6 Å². The van der Waals surface area contributed by atoms with Crippen molar-refractivity contribution < 1.29 is 4.79 Å². The third-order valence-electron chi connectivity index (χ3n) is 6.20. The molecule has 1 amide bonds. The fraction of sp³-hybridized carbons (Fsp3) is 0.938. The Morgan fingerprint density at radius 1 is 1.11 bits per heavy atom. The van der Waals surface area contributed by atoms with Gasteiger partial charge < -0.3 is 10.2 Å². The molecule has 4 aliphatic rings. The van der Waals surface area contributed by atoms with Gasteiger partial charge in [0.05, 0.1) is 0 Å². The van der Waals surface area contributed by atoms with Crippen molar-refractivity contribution in [2.75, 3.05) is 6.54 Å². The van der Waals surface area contributed by atoms with Gasteiger partial charge in [-0.05, 0) is 57.3 Å². The summed E-state index contributed by atoms with van der Waals surface area (Å²) < 4.78 is 0. The molecule has 4 atom stereocenters. The number of fused-ring (bicyclic) bond motifs is 3. The maximum Gasteiger partial charge on any atom is 0.226 e. The predicted molar refractivity (Wildman–Crippen MR) is 74.7 cm³/mol. The lowest BCUT2D eigenvalue weighted by atomic mass is 9.97. The highest BCUT2D eigenvalue weighted by Crippen LogP contribution is 2.58. The molecule has 1 N–H and O–H groups in total. The van der Waals surface area contributed by atoms with Crippen LogP contribution in [0, 0.1) is 17.8 Å². The second-order valence-electron chi connectivity index (χ2n) is 7.17. The van der Waals surface area contributed by atoms with Crippen LogP contribution >= 0.6 is 0 Å². The summed E-state index contributed by atoms with van der Waals surface area (Å²) in [5.74, 6) is 2.45. The van der Waals surface area contributed by atoms with Gasteiger partial charge in [0.25, 0.3) is 0 Å². The van der Waals surface area contributed by atoms with Gasteiger partial charge in [0.15, 0.2) is 0 Å². The number of nitrogens with one attached hydrogen (secondary N) is 1. The smallest absolute Gasteiger partial charge is 0.226 e. The quantitative estimate of drug-likeness (QED) is 0.845. The maximum absolute atomic E-state index is 12.8. The van der Waals surface area contributed by atoms with Gasteiger partial charge in [0.1, 0.15) is 0 Å². The molecule has 3 heteroatoms. The zero-order valence-corrected chi connectivity index (χ0v) is 12.0. The molecule has 0 aromatic heterocycles. The number of hydrogen-bond donors (Lipinski definition) is 1. The second-order valence-corrected chi connectivity index (χ2v) is 7.17. The Morgan fingerprint density at radius 3 is 2.32 bits per heavy atom. The third kappa shape index (κ3) is 1.93. The number of carbonyl (C=O) groups excluding carboxylic acids is 1. The lowest BCUT2D eigenvalue weighted by Crippen LogP contribution is -2.50. The average molecular weight is 262 g/mol. The van der Waals surface area contributed by atoms with Crippen molar-refractivity contribution in [3.05, 3.63) is 0 Å². The van der Waals surface area contributed by atoms with Crippen molar-refractivity contribution in [3.63, 3.8) is 0 Å². The molecule has 2 saturated carbocycles. The van der Waals surface area contributed by atoms with Crippen molar-refractivity contribution in [2.45, 2.75) is 70.0 Å². The van der Waals surface area contributed by atoms with Crippen LogP contribution in [0.15, 0.2) is 0 Å². The van der Waals surface area contributed by atoms with Gasteiger partial charge in [-0.2, -0.15) is 0 Å². The molecule has 106 valence electrons. The van der Waals surface area contributed by atoms with E-state index in [1.54, 1.807) is 0 Å². The molecule has 0 radical (unpaired) electrons. The molecule has 0 aromatic rings. The largest absolute Gasteiger partial charge is 0.340 e. The molecule has 4 fully saturated rings. The van der Waals surface area contributed by atoms with E-state index in [0.29, 0.717) is 30.0 Å². The van der Waals surface area contributed by atoms with Crippen LogP contribution < -0.4 is 5.32 Å². The minimum atomic E-state index is 0.418. The molecule has 4 unspecified atom stereocenters. The van der Waals surface area contributed by atoms with Crippen LogP contribution in [0.3, 0.4) is 0 Å². The van der Waals surface area contributed by atoms with Gasteiger partial charge >= 0.3 is 0 Å². The minimum Gasteiger partial charge on any atom is -0.340 e. The molecule has 19 heavy (non-hydrogen) atoms. The van der Waals surface area contributed by atoms with Crippen LogP contribution in [0.25, 0.3) is 0 Å². The summed E-state index contributed by atoms with van der Waals surface area (Å²) in [7, 11) is 0. The van der Waals surface area contributed by atoms with E-state index in [1.165, 1.54) is 44.9 Å². The SMILES string of the molecule is CCN(C(=O)C1C2CCCC21)C1CC2CCC(C1)N2. The Morgan fingerprint density at radius 2 is 1.74 bits per heavy atom. The lowest BCUT2D eigenvalue weighted by molar-refractivity contribution is -0.136. The van der Waals surface area contributed by atoms with E-state index in [1.807, 2.05) is 0 Å². The van der Waals surface area contributed by atoms with Crippen molar-refractivity contribution >= 4 is 5.91 Å². The Labute approximate surface area is 116 Å². The normalized spacial score (nSPS) is 47.0.